The monoisotopic (exact) mass is 316 g/mol. The summed E-state index contributed by atoms with van der Waals surface area (Å²) in [5, 5.41) is 17.8. The highest BCUT2D eigenvalue weighted by Crippen LogP contribution is 2.18. The van der Waals surface area contributed by atoms with Gasteiger partial charge in [-0.25, -0.2) is 14.3 Å². The lowest BCUT2D eigenvalue weighted by Gasteiger charge is -2.07. The van der Waals surface area contributed by atoms with Gasteiger partial charge >= 0.3 is 5.97 Å². The number of aromatic nitrogens is 6. The van der Waals surface area contributed by atoms with E-state index in [4.69, 9.17) is 0 Å². The summed E-state index contributed by atoms with van der Waals surface area (Å²) < 4.78 is 4.15. The minimum atomic E-state index is -1.14. The minimum Gasteiger partial charge on any atom is -0.477 e. The van der Waals surface area contributed by atoms with Gasteiger partial charge in [-0.05, 0) is 20.8 Å². The Morgan fingerprint density at radius 2 is 1.96 bits per heavy atom. The predicted molar refractivity (Wildman–Crippen MR) is 82.0 cm³/mol. The second kappa shape index (κ2) is 5.04. The van der Waals surface area contributed by atoms with E-state index in [1.54, 1.807) is 25.6 Å². The molecule has 0 unspecified atom stereocenters. The van der Waals surface area contributed by atoms with E-state index in [2.05, 4.69) is 15.2 Å². The molecule has 120 valence electrons. The van der Waals surface area contributed by atoms with Gasteiger partial charge in [0.15, 0.2) is 11.3 Å². The molecule has 0 aliphatic rings. The molecule has 0 bridgehead atoms. The zero-order valence-electron chi connectivity index (χ0n) is 13.2. The number of aromatic carboxylic acids is 1. The molecular weight excluding hydrogens is 300 g/mol. The van der Waals surface area contributed by atoms with E-state index in [1.807, 2.05) is 6.92 Å². The largest absolute Gasteiger partial charge is 0.477 e. The van der Waals surface area contributed by atoms with E-state index in [0.717, 1.165) is 0 Å². The topological polar surface area (TPSA) is 108 Å². The van der Waals surface area contributed by atoms with Crippen molar-refractivity contribution in [2.24, 2.45) is 7.05 Å². The molecule has 0 atom stereocenters. The highest BCUT2D eigenvalue weighted by Gasteiger charge is 2.24. The van der Waals surface area contributed by atoms with Gasteiger partial charge in [-0.15, -0.1) is 0 Å². The molecule has 0 aliphatic heterocycles. The van der Waals surface area contributed by atoms with Crippen molar-refractivity contribution in [3.8, 4) is 5.82 Å². The van der Waals surface area contributed by atoms with Crippen LogP contribution in [-0.4, -0.2) is 40.2 Å². The van der Waals surface area contributed by atoms with Crippen LogP contribution in [0.1, 0.15) is 28.7 Å². The lowest BCUT2D eigenvalue weighted by molar-refractivity contribution is 0.0696. The maximum Gasteiger partial charge on any atom is 0.341 e. The highest BCUT2D eigenvalue weighted by molar-refractivity contribution is 5.92. The summed E-state index contributed by atoms with van der Waals surface area (Å²) in [5.74, 6) is -0.964. The standard InChI is InChI=1S/C14H16N6O3/c1-5-20-11-10(8(3)17-20)15-6-19(13(11)21)12-9(14(22)23)7(2)16-18(12)4/h6H,5H2,1-4H3,(H,22,23). The maximum atomic E-state index is 12.9. The Hall–Kier alpha value is -2.97. The van der Waals surface area contributed by atoms with Crippen molar-refractivity contribution in [1.29, 1.82) is 0 Å². The van der Waals surface area contributed by atoms with Crippen LogP contribution in [0.25, 0.3) is 16.9 Å². The molecule has 0 aromatic carbocycles. The number of rotatable bonds is 3. The van der Waals surface area contributed by atoms with Crippen LogP contribution in [0.2, 0.25) is 0 Å². The van der Waals surface area contributed by atoms with Gasteiger partial charge in [0.2, 0.25) is 0 Å². The zero-order chi connectivity index (χ0) is 16.9. The zero-order valence-corrected chi connectivity index (χ0v) is 13.2. The Labute approximate surface area is 130 Å². The Balaban J connectivity index is 2.42. The van der Waals surface area contributed by atoms with E-state index in [0.29, 0.717) is 29.0 Å². The smallest absolute Gasteiger partial charge is 0.341 e. The van der Waals surface area contributed by atoms with Crippen LogP contribution in [0.3, 0.4) is 0 Å². The Morgan fingerprint density at radius 1 is 1.26 bits per heavy atom. The quantitative estimate of drug-likeness (QED) is 0.760. The van der Waals surface area contributed by atoms with Gasteiger partial charge in [-0.2, -0.15) is 10.2 Å². The molecule has 0 saturated heterocycles. The SMILES string of the molecule is CCn1nc(C)c2ncn(-c3c(C(=O)O)c(C)nn3C)c(=O)c21. The molecule has 0 amide bonds. The van der Waals surface area contributed by atoms with Crippen LogP contribution in [0.4, 0.5) is 0 Å². The van der Waals surface area contributed by atoms with Gasteiger partial charge in [-0.1, -0.05) is 0 Å². The molecule has 0 spiro atoms. The second-order valence-electron chi connectivity index (χ2n) is 5.23. The lowest BCUT2D eigenvalue weighted by Crippen LogP contribution is -2.24. The molecule has 1 N–H and O–H groups in total. The van der Waals surface area contributed by atoms with E-state index in [1.165, 1.54) is 15.6 Å². The molecule has 0 aliphatic carbocycles. The minimum absolute atomic E-state index is 0.0185. The summed E-state index contributed by atoms with van der Waals surface area (Å²) in [6.07, 6.45) is 1.32. The van der Waals surface area contributed by atoms with Crippen LogP contribution in [0.5, 0.6) is 0 Å². The molecule has 0 fully saturated rings. The fourth-order valence-electron chi connectivity index (χ4n) is 2.77. The number of fused-ring (bicyclic) bond motifs is 1. The average Bonchev–Trinajstić information content (AvgIpc) is 2.97. The van der Waals surface area contributed by atoms with Crippen molar-refractivity contribution in [2.75, 3.05) is 0 Å². The van der Waals surface area contributed by atoms with Gasteiger partial charge in [-0.3, -0.25) is 14.2 Å². The van der Waals surface area contributed by atoms with Crippen LogP contribution in [0, 0.1) is 13.8 Å². The molecule has 3 aromatic rings. The summed E-state index contributed by atoms with van der Waals surface area (Å²) in [6, 6.07) is 0. The first-order valence-corrected chi connectivity index (χ1v) is 7.08. The van der Waals surface area contributed by atoms with E-state index < -0.39 is 5.97 Å². The Kier molecular flexibility index (Phi) is 3.28. The van der Waals surface area contributed by atoms with Gasteiger partial charge in [0.05, 0.1) is 11.4 Å². The van der Waals surface area contributed by atoms with Crippen molar-refractivity contribution in [3.63, 3.8) is 0 Å². The normalized spacial score (nSPS) is 11.3. The van der Waals surface area contributed by atoms with Crippen LogP contribution in [0.15, 0.2) is 11.1 Å². The van der Waals surface area contributed by atoms with E-state index >= 15 is 0 Å². The average molecular weight is 316 g/mol. The van der Waals surface area contributed by atoms with Crippen molar-refractivity contribution >= 4 is 17.0 Å². The van der Waals surface area contributed by atoms with Gasteiger partial charge in [0.1, 0.15) is 17.4 Å². The van der Waals surface area contributed by atoms with Crippen molar-refractivity contribution in [2.45, 2.75) is 27.3 Å². The first-order valence-electron chi connectivity index (χ1n) is 7.08. The molecular formula is C14H16N6O3. The Morgan fingerprint density at radius 3 is 2.57 bits per heavy atom. The second-order valence-corrected chi connectivity index (χ2v) is 5.23. The molecule has 3 heterocycles. The molecule has 3 rings (SSSR count). The van der Waals surface area contributed by atoms with E-state index in [-0.39, 0.29) is 16.9 Å². The molecule has 0 radical (unpaired) electrons. The summed E-state index contributed by atoms with van der Waals surface area (Å²) in [5.41, 5.74) is 1.47. The van der Waals surface area contributed by atoms with Crippen LogP contribution < -0.4 is 5.56 Å². The summed E-state index contributed by atoms with van der Waals surface area (Å²) in [6.45, 7) is 5.76. The van der Waals surface area contributed by atoms with Crippen molar-refractivity contribution in [1.82, 2.24) is 29.1 Å². The van der Waals surface area contributed by atoms with Gasteiger partial charge in [0, 0.05) is 13.6 Å². The number of carboxylic acids is 1. The molecule has 9 heteroatoms. The maximum absolute atomic E-state index is 12.9. The fraction of sp³-hybridized carbons (Fsp3) is 0.357. The molecule has 23 heavy (non-hydrogen) atoms. The first kappa shape index (κ1) is 14.9. The predicted octanol–water partition coefficient (Wildman–Crippen LogP) is 0.651. The van der Waals surface area contributed by atoms with Crippen molar-refractivity contribution < 1.29 is 9.90 Å². The van der Waals surface area contributed by atoms with Gasteiger partial charge < -0.3 is 5.11 Å². The number of hydrogen-bond acceptors (Lipinski definition) is 5. The third-order valence-corrected chi connectivity index (χ3v) is 3.75. The van der Waals surface area contributed by atoms with Crippen LogP contribution in [-0.2, 0) is 13.6 Å². The number of carboxylic acid groups (broad SMARTS) is 1. The highest BCUT2D eigenvalue weighted by atomic mass is 16.4. The summed E-state index contributed by atoms with van der Waals surface area (Å²) >= 11 is 0. The van der Waals surface area contributed by atoms with E-state index in [9.17, 15) is 14.7 Å². The van der Waals surface area contributed by atoms with Gasteiger partial charge in [0.25, 0.3) is 5.56 Å². The molecule has 0 saturated carbocycles. The number of aryl methyl sites for hydroxylation is 4. The molecule has 3 aromatic heterocycles. The number of nitrogens with zero attached hydrogens (tertiary/aromatic N) is 6. The third-order valence-electron chi connectivity index (χ3n) is 3.75. The number of hydrogen-bond donors (Lipinski definition) is 1. The fourth-order valence-corrected chi connectivity index (χ4v) is 2.77. The summed E-state index contributed by atoms with van der Waals surface area (Å²) in [4.78, 5) is 28.7. The first-order chi connectivity index (χ1) is 10.9. The molecule has 9 nitrogen and oxygen atoms in total. The summed E-state index contributed by atoms with van der Waals surface area (Å²) in [7, 11) is 1.59. The lowest BCUT2D eigenvalue weighted by atomic mass is 10.2. The Bertz CT molecular complexity index is 994. The van der Waals surface area contributed by atoms with Crippen molar-refractivity contribution in [3.05, 3.63) is 33.6 Å². The third kappa shape index (κ3) is 2.04. The number of carbonyl (C=O) groups is 1. The van der Waals surface area contributed by atoms with Crippen LogP contribution >= 0.6 is 0 Å².